The van der Waals surface area contributed by atoms with Crippen LogP contribution in [0.1, 0.15) is 21.7 Å². The van der Waals surface area contributed by atoms with Crippen LogP contribution in [0.3, 0.4) is 0 Å². The monoisotopic (exact) mass is 375 g/mol. The summed E-state index contributed by atoms with van der Waals surface area (Å²) in [4.78, 5) is 29.7. The molecule has 1 atom stereocenters. The molecular weight excluding hydrogens is 350 g/mol. The molecule has 1 unspecified atom stereocenters. The summed E-state index contributed by atoms with van der Waals surface area (Å²) in [6.45, 7) is 4.54. The van der Waals surface area contributed by atoms with Crippen LogP contribution >= 0.6 is 11.3 Å². The van der Waals surface area contributed by atoms with Crippen molar-refractivity contribution < 1.29 is 14.3 Å². The van der Waals surface area contributed by atoms with Crippen LogP contribution in [0.5, 0.6) is 0 Å². The standard InChI is InChI=1S/C19H25N3O3S/c1-13-15-5-3-4-6-16(15)26-18(13)19(24)22-9-7-21(8-10-22)17(23)11-14(12-20)25-2/h3-6,14H,7-12,20H2,1-2H3. The number of thiophene rings is 1. The molecule has 140 valence electrons. The Bertz CT molecular complexity index is 792. The Morgan fingerprint density at radius 1 is 1.19 bits per heavy atom. The van der Waals surface area contributed by atoms with Gasteiger partial charge in [0.2, 0.25) is 5.91 Å². The van der Waals surface area contributed by atoms with Crippen molar-refractivity contribution in [3.05, 3.63) is 34.7 Å². The summed E-state index contributed by atoms with van der Waals surface area (Å²) in [5.41, 5.74) is 6.63. The quantitative estimate of drug-likeness (QED) is 0.865. The maximum absolute atomic E-state index is 12.9. The van der Waals surface area contributed by atoms with Gasteiger partial charge in [0.25, 0.3) is 5.91 Å². The maximum atomic E-state index is 12.9. The second-order valence-electron chi connectivity index (χ2n) is 6.52. The number of hydrogen-bond donors (Lipinski definition) is 1. The number of fused-ring (bicyclic) bond motifs is 1. The number of hydrogen-bond acceptors (Lipinski definition) is 5. The Kier molecular flexibility index (Phi) is 5.90. The highest BCUT2D eigenvalue weighted by Gasteiger charge is 2.27. The molecule has 26 heavy (non-hydrogen) atoms. The van der Waals surface area contributed by atoms with Gasteiger partial charge >= 0.3 is 0 Å². The van der Waals surface area contributed by atoms with Gasteiger partial charge in [-0.1, -0.05) is 18.2 Å². The van der Waals surface area contributed by atoms with Crippen LogP contribution < -0.4 is 5.73 Å². The van der Waals surface area contributed by atoms with Gasteiger partial charge < -0.3 is 20.3 Å². The molecule has 1 aromatic heterocycles. The Morgan fingerprint density at radius 3 is 2.46 bits per heavy atom. The minimum atomic E-state index is -0.247. The van der Waals surface area contributed by atoms with Crippen molar-refractivity contribution in [3.63, 3.8) is 0 Å². The lowest BCUT2D eigenvalue weighted by Crippen LogP contribution is -2.51. The van der Waals surface area contributed by atoms with E-state index < -0.39 is 0 Å². The van der Waals surface area contributed by atoms with Crippen molar-refractivity contribution in [2.24, 2.45) is 5.73 Å². The number of rotatable bonds is 5. The predicted octanol–water partition coefficient (Wildman–Crippen LogP) is 1.86. The van der Waals surface area contributed by atoms with Crippen molar-refractivity contribution in [2.75, 3.05) is 39.8 Å². The Morgan fingerprint density at radius 2 is 1.85 bits per heavy atom. The normalized spacial score (nSPS) is 16.1. The molecule has 3 rings (SSSR count). The van der Waals surface area contributed by atoms with E-state index in [1.165, 1.54) is 0 Å². The van der Waals surface area contributed by atoms with Crippen molar-refractivity contribution in [1.29, 1.82) is 0 Å². The van der Waals surface area contributed by atoms with Gasteiger partial charge in [-0.2, -0.15) is 0 Å². The van der Waals surface area contributed by atoms with Crippen LogP contribution in [0.25, 0.3) is 10.1 Å². The molecule has 0 saturated carbocycles. The highest BCUT2D eigenvalue weighted by molar-refractivity contribution is 7.21. The van der Waals surface area contributed by atoms with Gasteiger partial charge in [-0.25, -0.2) is 0 Å². The fourth-order valence-electron chi connectivity index (χ4n) is 3.27. The van der Waals surface area contributed by atoms with E-state index in [4.69, 9.17) is 10.5 Å². The molecule has 1 saturated heterocycles. The molecule has 1 aliphatic rings. The molecule has 2 amide bonds. The first-order valence-electron chi connectivity index (χ1n) is 8.83. The highest BCUT2D eigenvalue weighted by Crippen LogP contribution is 2.31. The van der Waals surface area contributed by atoms with Crippen molar-refractivity contribution in [2.45, 2.75) is 19.4 Å². The Hall–Kier alpha value is -1.96. The van der Waals surface area contributed by atoms with E-state index in [1.54, 1.807) is 23.3 Å². The lowest BCUT2D eigenvalue weighted by molar-refractivity contribution is -0.135. The van der Waals surface area contributed by atoms with Crippen LogP contribution in [-0.4, -0.2) is 67.6 Å². The summed E-state index contributed by atoms with van der Waals surface area (Å²) >= 11 is 1.54. The average molecular weight is 375 g/mol. The molecule has 2 aromatic rings. The molecule has 1 aromatic carbocycles. The fraction of sp³-hybridized carbons (Fsp3) is 0.474. The van der Waals surface area contributed by atoms with Gasteiger partial charge in [0.1, 0.15) is 0 Å². The highest BCUT2D eigenvalue weighted by atomic mass is 32.1. The minimum absolute atomic E-state index is 0.0347. The zero-order chi connectivity index (χ0) is 18.7. The van der Waals surface area contributed by atoms with Gasteiger partial charge in [-0.3, -0.25) is 9.59 Å². The smallest absolute Gasteiger partial charge is 0.264 e. The topological polar surface area (TPSA) is 75.9 Å². The molecular formula is C19H25N3O3S. The van der Waals surface area contributed by atoms with Gasteiger partial charge in [0.05, 0.1) is 17.4 Å². The summed E-state index contributed by atoms with van der Waals surface area (Å²) in [6.07, 6.45) is 0.0412. The van der Waals surface area contributed by atoms with Crippen LogP contribution in [0.15, 0.2) is 24.3 Å². The first kappa shape index (κ1) is 18.8. The molecule has 6 nitrogen and oxygen atoms in total. The summed E-state index contributed by atoms with van der Waals surface area (Å²) in [5.74, 6) is 0.0972. The van der Waals surface area contributed by atoms with E-state index in [9.17, 15) is 9.59 Å². The lowest BCUT2D eigenvalue weighted by atomic mass is 10.1. The molecule has 7 heteroatoms. The third-order valence-corrected chi connectivity index (χ3v) is 6.22. The fourth-order valence-corrected chi connectivity index (χ4v) is 4.44. The SMILES string of the molecule is COC(CN)CC(=O)N1CCN(C(=O)c2sc3ccccc3c2C)CC1. The van der Waals surface area contributed by atoms with E-state index in [-0.39, 0.29) is 24.3 Å². The Labute approximate surface area is 157 Å². The summed E-state index contributed by atoms with van der Waals surface area (Å²) in [7, 11) is 1.56. The van der Waals surface area contributed by atoms with E-state index in [1.807, 2.05) is 30.0 Å². The molecule has 2 N–H and O–H groups in total. The van der Waals surface area contributed by atoms with E-state index in [0.717, 1.165) is 20.5 Å². The predicted molar refractivity (Wildman–Crippen MR) is 104 cm³/mol. The number of methoxy groups -OCH3 is 1. The van der Waals surface area contributed by atoms with Crippen LogP contribution in [0.2, 0.25) is 0 Å². The van der Waals surface area contributed by atoms with Crippen LogP contribution in [0, 0.1) is 6.92 Å². The molecule has 2 heterocycles. The number of nitrogens with zero attached hydrogens (tertiary/aromatic N) is 2. The number of carbonyl (C=O) groups is 2. The third-order valence-electron chi connectivity index (χ3n) is 4.96. The number of ether oxygens (including phenoxy) is 1. The third kappa shape index (κ3) is 3.75. The number of amides is 2. The minimum Gasteiger partial charge on any atom is -0.380 e. The summed E-state index contributed by atoms with van der Waals surface area (Å²) < 4.78 is 6.32. The average Bonchev–Trinajstić information content (AvgIpc) is 3.02. The second-order valence-corrected chi connectivity index (χ2v) is 7.58. The molecule has 1 aliphatic heterocycles. The van der Waals surface area contributed by atoms with Crippen molar-refractivity contribution in [3.8, 4) is 0 Å². The van der Waals surface area contributed by atoms with Gasteiger partial charge in [-0.05, 0) is 23.9 Å². The number of aryl methyl sites for hydroxylation is 1. The molecule has 0 bridgehead atoms. The first-order valence-corrected chi connectivity index (χ1v) is 9.64. The zero-order valence-corrected chi connectivity index (χ0v) is 16.1. The molecule has 0 spiro atoms. The number of carbonyl (C=O) groups excluding carboxylic acids is 2. The van der Waals surface area contributed by atoms with E-state index >= 15 is 0 Å². The zero-order valence-electron chi connectivity index (χ0n) is 15.2. The van der Waals surface area contributed by atoms with Gasteiger partial charge in [0, 0.05) is 44.5 Å². The van der Waals surface area contributed by atoms with Crippen LogP contribution in [0.4, 0.5) is 0 Å². The number of benzene rings is 1. The van der Waals surface area contributed by atoms with E-state index in [2.05, 4.69) is 6.07 Å². The number of nitrogens with two attached hydrogens (primary N) is 1. The molecule has 1 fully saturated rings. The van der Waals surface area contributed by atoms with E-state index in [0.29, 0.717) is 32.7 Å². The second kappa shape index (κ2) is 8.16. The maximum Gasteiger partial charge on any atom is 0.264 e. The Balaban J connectivity index is 1.63. The van der Waals surface area contributed by atoms with Gasteiger partial charge in [0.15, 0.2) is 0 Å². The van der Waals surface area contributed by atoms with Crippen molar-refractivity contribution in [1.82, 2.24) is 9.80 Å². The number of piperazine rings is 1. The lowest BCUT2D eigenvalue weighted by Gasteiger charge is -2.35. The largest absolute Gasteiger partial charge is 0.380 e. The molecule has 0 radical (unpaired) electrons. The first-order chi connectivity index (χ1) is 12.5. The van der Waals surface area contributed by atoms with Crippen LogP contribution in [-0.2, 0) is 9.53 Å². The van der Waals surface area contributed by atoms with Gasteiger partial charge in [-0.15, -0.1) is 11.3 Å². The van der Waals surface area contributed by atoms with Crippen molar-refractivity contribution >= 4 is 33.2 Å². The molecule has 0 aliphatic carbocycles. The summed E-state index contributed by atoms with van der Waals surface area (Å²) in [5, 5.41) is 1.14. The summed E-state index contributed by atoms with van der Waals surface area (Å²) in [6, 6.07) is 8.09.